The zero-order valence-corrected chi connectivity index (χ0v) is 10.8. The van der Waals surface area contributed by atoms with Crippen molar-refractivity contribution >= 4 is 5.78 Å². The third-order valence-electron chi connectivity index (χ3n) is 2.91. The Bertz CT molecular complexity index is 461. The first kappa shape index (κ1) is 12.0. The van der Waals surface area contributed by atoms with E-state index in [0.29, 0.717) is 24.5 Å². The van der Waals surface area contributed by atoms with Crippen LogP contribution in [0.1, 0.15) is 36.7 Å². The van der Waals surface area contributed by atoms with Gasteiger partial charge in [0.25, 0.3) is 0 Å². The average molecular weight is 234 g/mol. The van der Waals surface area contributed by atoms with Gasteiger partial charge in [0, 0.05) is 11.0 Å². The minimum atomic E-state index is -0.0106. The number of hydrogen-bond acceptors (Lipinski definition) is 3. The van der Waals surface area contributed by atoms with Crippen LogP contribution >= 0.6 is 0 Å². The van der Waals surface area contributed by atoms with Crippen molar-refractivity contribution in [3.8, 4) is 11.5 Å². The average Bonchev–Trinajstić information content (AvgIpc) is 2.37. The molecule has 0 unspecified atom stereocenters. The first-order chi connectivity index (χ1) is 7.89. The maximum absolute atomic E-state index is 11.5. The van der Waals surface area contributed by atoms with Gasteiger partial charge in [-0.1, -0.05) is 13.8 Å². The largest absolute Gasteiger partial charge is 0.489 e. The molecule has 1 aliphatic rings. The summed E-state index contributed by atoms with van der Waals surface area (Å²) in [6, 6.07) is 3.67. The highest BCUT2D eigenvalue weighted by Crippen LogP contribution is 2.35. The van der Waals surface area contributed by atoms with Crippen LogP contribution in [0.25, 0.3) is 0 Å². The zero-order valence-electron chi connectivity index (χ0n) is 10.8. The van der Waals surface area contributed by atoms with Crippen LogP contribution in [0.3, 0.4) is 0 Å². The Labute approximate surface area is 102 Å². The first-order valence-corrected chi connectivity index (χ1v) is 5.80. The monoisotopic (exact) mass is 234 g/mol. The molecule has 0 aromatic heterocycles. The second kappa shape index (κ2) is 4.06. The molecule has 0 bridgehead atoms. The Morgan fingerprint density at radius 1 is 1.18 bits per heavy atom. The molecule has 17 heavy (non-hydrogen) atoms. The molecule has 0 saturated heterocycles. The third kappa shape index (κ3) is 2.43. The molecule has 0 saturated carbocycles. The van der Waals surface area contributed by atoms with Gasteiger partial charge in [0.15, 0.2) is 17.3 Å². The third-order valence-corrected chi connectivity index (χ3v) is 2.91. The number of carbonyl (C=O) groups is 1. The second-order valence-electron chi connectivity index (χ2n) is 5.41. The minimum Gasteiger partial charge on any atom is -0.489 e. The van der Waals surface area contributed by atoms with Gasteiger partial charge in [0.2, 0.25) is 0 Å². The molecular formula is C14H18O3. The maximum Gasteiger partial charge on any atom is 0.161 e. The summed E-state index contributed by atoms with van der Waals surface area (Å²) >= 11 is 0. The van der Waals surface area contributed by atoms with Crippen LogP contribution in [0.15, 0.2) is 12.1 Å². The topological polar surface area (TPSA) is 35.5 Å². The van der Waals surface area contributed by atoms with Gasteiger partial charge in [-0.05, 0) is 31.5 Å². The van der Waals surface area contributed by atoms with E-state index < -0.39 is 0 Å². The Morgan fingerprint density at radius 3 is 2.24 bits per heavy atom. The smallest absolute Gasteiger partial charge is 0.161 e. The van der Waals surface area contributed by atoms with Crippen LogP contribution in [0.5, 0.6) is 11.5 Å². The number of ether oxygens (including phenoxy) is 2. The molecule has 0 aliphatic carbocycles. The van der Waals surface area contributed by atoms with E-state index in [4.69, 9.17) is 9.47 Å². The molecule has 0 amide bonds. The summed E-state index contributed by atoms with van der Waals surface area (Å²) < 4.78 is 11.5. The van der Waals surface area contributed by atoms with Gasteiger partial charge in [-0.15, -0.1) is 0 Å². The van der Waals surface area contributed by atoms with E-state index >= 15 is 0 Å². The van der Waals surface area contributed by atoms with Gasteiger partial charge in [0.1, 0.15) is 0 Å². The standard InChI is InChI=1S/C14H18O3/c1-9-5-12-13(6-11(9)10(2)15)17-8-14(3,4)7-16-12/h5-6H,7-8H2,1-4H3. The van der Waals surface area contributed by atoms with Crippen LogP contribution in [-0.4, -0.2) is 19.0 Å². The molecule has 3 nitrogen and oxygen atoms in total. The zero-order chi connectivity index (χ0) is 12.6. The number of fused-ring (bicyclic) bond motifs is 1. The van der Waals surface area contributed by atoms with Crippen LogP contribution in [0, 0.1) is 12.3 Å². The van der Waals surface area contributed by atoms with Crippen molar-refractivity contribution in [1.82, 2.24) is 0 Å². The van der Waals surface area contributed by atoms with Gasteiger partial charge in [0.05, 0.1) is 13.2 Å². The molecule has 1 aromatic carbocycles. The summed E-state index contributed by atoms with van der Waals surface area (Å²) in [6.45, 7) is 8.89. The number of hydrogen-bond donors (Lipinski definition) is 0. The highest BCUT2D eigenvalue weighted by atomic mass is 16.5. The molecule has 0 radical (unpaired) electrons. The predicted octanol–water partition coefficient (Wildman–Crippen LogP) is 3.00. The molecule has 0 atom stereocenters. The van der Waals surface area contributed by atoms with Crippen molar-refractivity contribution in [3.63, 3.8) is 0 Å². The van der Waals surface area contributed by atoms with Gasteiger partial charge in [-0.2, -0.15) is 0 Å². The Kier molecular flexibility index (Phi) is 2.86. The molecule has 0 N–H and O–H groups in total. The summed E-state index contributed by atoms with van der Waals surface area (Å²) in [5.41, 5.74) is 1.62. The lowest BCUT2D eigenvalue weighted by Gasteiger charge is -2.19. The Morgan fingerprint density at radius 2 is 1.71 bits per heavy atom. The van der Waals surface area contributed by atoms with Crippen molar-refractivity contribution < 1.29 is 14.3 Å². The summed E-state index contributed by atoms with van der Waals surface area (Å²) in [6.07, 6.45) is 0. The fraction of sp³-hybridized carbons (Fsp3) is 0.500. The maximum atomic E-state index is 11.5. The molecular weight excluding hydrogens is 216 g/mol. The lowest BCUT2D eigenvalue weighted by Crippen LogP contribution is -2.26. The minimum absolute atomic E-state index is 0.0106. The molecule has 1 aliphatic heterocycles. The predicted molar refractivity (Wildman–Crippen MR) is 66.0 cm³/mol. The number of aryl methyl sites for hydroxylation is 1. The van der Waals surface area contributed by atoms with Crippen LogP contribution in [0.2, 0.25) is 0 Å². The van der Waals surface area contributed by atoms with Crippen molar-refractivity contribution in [2.45, 2.75) is 27.7 Å². The Hall–Kier alpha value is -1.51. The fourth-order valence-corrected chi connectivity index (χ4v) is 1.85. The number of rotatable bonds is 1. The number of carbonyl (C=O) groups excluding carboxylic acids is 1. The molecule has 92 valence electrons. The van der Waals surface area contributed by atoms with Gasteiger partial charge in [-0.25, -0.2) is 0 Å². The van der Waals surface area contributed by atoms with Crippen molar-refractivity contribution in [1.29, 1.82) is 0 Å². The van der Waals surface area contributed by atoms with E-state index in [1.165, 1.54) is 0 Å². The lowest BCUT2D eigenvalue weighted by molar-refractivity contribution is 0.101. The van der Waals surface area contributed by atoms with E-state index in [0.717, 1.165) is 11.3 Å². The van der Waals surface area contributed by atoms with E-state index in [2.05, 4.69) is 13.8 Å². The summed E-state index contributed by atoms with van der Waals surface area (Å²) in [5.74, 6) is 1.46. The van der Waals surface area contributed by atoms with E-state index in [1.54, 1.807) is 13.0 Å². The second-order valence-corrected chi connectivity index (χ2v) is 5.41. The van der Waals surface area contributed by atoms with Crippen molar-refractivity contribution in [2.24, 2.45) is 5.41 Å². The summed E-state index contributed by atoms with van der Waals surface area (Å²) in [5, 5.41) is 0. The SMILES string of the molecule is CC(=O)c1cc2c(cc1C)OCC(C)(C)CO2. The highest BCUT2D eigenvalue weighted by molar-refractivity contribution is 5.96. The fourth-order valence-electron chi connectivity index (χ4n) is 1.85. The molecule has 1 heterocycles. The van der Waals surface area contributed by atoms with Crippen molar-refractivity contribution in [3.05, 3.63) is 23.3 Å². The lowest BCUT2D eigenvalue weighted by atomic mass is 9.97. The van der Waals surface area contributed by atoms with E-state index in [9.17, 15) is 4.79 Å². The van der Waals surface area contributed by atoms with Crippen LogP contribution in [-0.2, 0) is 0 Å². The van der Waals surface area contributed by atoms with E-state index in [-0.39, 0.29) is 11.2 Å². The molecule has 0 spiro atoms. The summed E-state index contributed by atoms with van der Waals surface area (Å²) in [7, 11) is 0. The van der Waals surface area contributed by atoms with E-state index in [1.807, 2.05) is 13.0 Å². The number of Topliss-reactive ketones (excluding diaryl/α,β-unsaturated/α-hetero) is 1. The normalized spacial score (nSPS) is 17.4. The van der Waals surface area contributed by atoms with Gasteiger partial charge < -0.3 is 9.47 Å². The molecule has 0 fully saturated rings. The molecule has 3 heteroatoms. The Balaban J connectivity index is 2.41. The highest BCUT2D eigenvalue weighted by Gasteiger charge is 2.26. The van der Waals surface area contributed by atoms with Gasteiger partial charge >= 0.3 is 0 Å². The van der Waals surface area contributed by atoms with Crippen LogP contribution in [0.4, 0.5) is 0 Å². The number of benzene rings is 1. The first-order valence-electron chi connectivity index (χ1n) is 5.80. The molecule has 2 rings (SSSR count). The summed E-state index contributed by atoms with van der Waals surface area (Å²) in [4.78, 5) is 11.5. The van der Waals surface area contributed by atoms with Gasteiger partial charge in [-0.3, -0.25) is 4.79 Å². The van der Waals surface area contributed by atoms with Crippen LogP contribution < -0.4 is 9.47 Å². The van der Waals surface area contributed by atoms with Crippen molar-refractivity contribution in [2.75, 3.05) is 13.2 Å². The molecule has 1 aromatic rings. The number of ketones is 1. The quantitative estimate of drug-likeness (QED) is 0.701.